The molecule has 1 aliphatic heterocycles. The number of rotatable bonds is 22. The molecule has 0 aliphatic carbocycles. The maximum absolute atomic E-state index is 11.4. The highest BCUT2D eigenvalue weighted by Gasteiger charge is 2.21. The Morgan fingerprint density at radius 2 is 0.839 bits per heavy atom. The molecule has 0 atom stereocenters. The monoisotopic (exact) mass is 435 g/mol. The van der Waals surface area contributed by atoms with E-state index >= 15 is 0 Å². The zero-order valence-electron chi connectivity index (χ0n) is 19.6. The van der Waals surface area contributed by atoms with E-state index in [0.717, 1.165) is 25.7 Å². The standard InChI is InChI=1S/C26H45NO4/c28-24-21-22-25(29)27(24)23-19-17-15-13-11-9-7-5-3-1-2-4-6-8-10-12-14-16-18-20-26(30)31/h21-22H,1-20,23H2,(H,30,31). The molecule has 0 aromatic heterocycles. The lowest BCUT2D eigenvalue weighted by atomic mass is 10.0. The molecule has 0 radical (unpaired) electrons. The van der Waals surface area contributed by atoms with Gasteiger partial charge in [-0.1, -0.05) is 109 Å². The van der Waals surface area contributed by atoms with Gasteiger partial charge in [-0.15, -0.1) is 0 Å². The van der Waals surface area contributed by atoms with E-state index in [1.165, 1.54) is 113 Å². The Labute approximate surface area is 189 Å². The molecule has 0 bridgehead atoms. The largest absolute Gasteiger partial charge is 0.481 e. The molecule has 2 amide bonds. The van der Waals surface area contributed by atoms with Crippen molar-refractivity contribution in [1.82, 2.24) is 4.90 Å². The average Bonchev–Trinajstić information content (AvgIpc) is 3.06. The van der Waals surface area contributed by atoms with Gasteiger partial charge >= 0.3 is 5.97 Å². The van der Waals surface area contributed by atoms with Crippen molar-refractivity contribution in [3.05, 3.63) is 12.2 Å². The van der Waals surface area contributed by atoms with Crippen LogP contribution in [0.2, 0.25) is 0 Å². The zero-order chi connectivity index (χ0) is 22.6. The minimum Gasteiger partial charge on any atom is -0.481 e. The van der Waals surface area contributed by atoms with Crippen LogP contribution in [0.3, 0.4) is 0 Å². The van der Waals surface area contributed by atoms with Crippen molar-refractivity contribution in [3.8, 4) is 0 Å². The number of hydrogen-bond acceptors (Lipinski definition) is 3. The van der Waals surface area contributed by atoms with Crippen LogP contribution in [0.4, 0.5) is 0 Å². The van der Waals surface area contributed by atoms with Crippen molar-refractivity contribution < 1.29 is 19.5 Å². The molecule has 1 N–H and O–H groups in total. The molecule has 0 aromatic carbocycles. The van der Waals surface area contributed by atoms with E-state index in [-0.39, 0.29) is 11.8 Å². The van der Waals surface area contributed by atoms with Gasteiger partial charge in [0.25, 0.3) is 11.8 Å². The fourth-order valence-corrected chi connectivity index (χ4v) is 4.20. The number of nitrogens with zero attached hydrogens (tertiary/aromatic N) is 1. The molecular formula is C26H45NO4. The molecule has 31 heavy (non-hydrogen) atoms. The number of amides is 2. The van der Waals surface area contributed by atoms with Gasteiger partial charge in [-0.05, 0) is 12.8 Å². The number of aliphatic carboxylic acids is 1. The van der Waals surface area contributed by atoms with Gasteiger partial charge in [-0.25, -0.2) is 0 Å². The molecule has 0 spiro atoms. The smallest absolute Gasteiger partial charge is 0.303 e. The van der Waals surface area contributed by atoms with Crippen LogP contribution in [-0.2, 0) is 14.4 Å². The summed E-state index contributed by atoms with van der Waals surface area (Å²) in [4.78, 5) is 34.6. The van der Waals surface area contributed by atoms with Crippen molar-refractivity contribution in [1.29, 1.82) is 0 Å². The van der Waals surface area contributed by atoms with Gasteiger partial charge in [-0.3, -0.25) is 19.3 Å². The van der Waals surface area contributed by atoms with Gasteiger partial charge in [-0.2, -0.15) is 0 Å². The number of carboxylic acids is 1. The Hall–Kier alpha value is -1.65. The van der Waals surface area contributed by atoms with Gasteiger partial charge in [0.05, 0.1) is 0 Å². The molecular weight excluding hydrogens is 390 g/mol. The lowest BCUT2D eigenvalue weighted by Gasteiger charge is -2.12. The van der Waals surface area contributed by atoms with Crippen LogP contribution in [0.25, 0.3) is 0 Å². The molecule has 0 aromatic rings. The van der Waals surface area contributed by atoms with E-state index < -0.39 is 5.97 Å². The van der Waals surface area contributed by atoms with Gasteiger partial charge in [0, 0.05) is 25.1 Å². The minimum atomic E-state index is -0.669. The Morgan fingerprint density at radius 3 is 1.16 bits per heavy atom. The molecule has 178 valence electrons. The fraction of sp³-hybridized carbons (Fsp3) is 0.808. The van der Waals surface area contributed by atoms with Gasteiger partial charge in [0.2, 0.25) is 0 Å². The summed E-state index contributed by atoms with van der Waals surface area (Å²) in [5.41, 5.74) is 0. The Morgan fingerprint density at radius 1 is 0.548 bits per heavy atom. The Kier molecular flexibility index (Phi) is 16.8. The molecule has 5 nitrogen and oxygen atoms in total. The first-order chi connectivity index (χ1) is 15.1. The van der Waals surface area contributed by atoms with Crippen molar-refractivity contribution in [2.24, 2.45) is 0 Å². The van der Waals surface area contributed by atoms with Crippen molar-refractivity contribution >= 4 is 17.8 Å². The van der Waals surface area contributed by atoms with Gasteiger partial charge < -0.3 is 5.11 Å². The first kappa shape index (κ1) is 27.4. The zero-order valence-corrected chi connectivity index (χ0v) is 19.6. The van der Waals surface area contributed by atoms with Crippen LogP contribution in [-0.4, -0.2) is 34.3 Å². The second-order valence-corrected chi connectivity index (χ2v) is 9.02. The van der Waals surface area contributed by atoms with Crippen molar-refractivity contribution in [3.63, 3.8) is 0 Å². The van der Waals surface area contributed by atoms with Crippen LogP contribution < -0.4 is 0 Å². The highest BCUT2D eigenvalue weighted by atomic mass is 16.4. The highest BCUT2D eigenvalue weighted by molar-refractivity contribution is 6.12. The fourth-order valence-electron chi connectivity index (χ4n) is 4.20. The topological polar surface area (TPSA) is 74.7 Å². The Balaban J connectivity index is 1.69. The molecule has 1 rings (SSSR count). The molecule has 1 heterocycles. The number of imide groups is 1. The van der Waals surface area contributed by atoms with E-state index in [1.54, 1.807) is 0 Å². The molecule has 0 saturated heterocycles. The van der Waals surface area contributed by atoms with Crippen LogP contribution >= 0.6 is 0 Å². The van der Waals surface area contributed by atoms with Crippen molar-refractivity contribution in [2.75, 3.05) is 6.54 Å². The number of unbranched alkanes of at least 4 members (excludes halogenated alkanes) is 18. The highest BCUT2D eigenvalue weighted by Crippen LogP contribution is 2.15. The maximum Gasteiger partial charge on any atom is 0.303 e. The van der Waals surface area contributed by atoms with E-state index in [0.29, 0.717) is 13.0 Å². The van der Waals surface area contributed by atoms with E-state index in [4.69, 9.17) is 5.11 Å². The summed E-state index contributed by atoms with van der Waals surface area (Å²) >= 11 is 0. The molecule has 0 saturated carbocycles. The molecule has 5 heteroatoms. The quantitative estimate of drug-likeness (QED) is 0.150. The SMILES string of the molecule is O=C(O)CCCCCCCCCCCCCCCCCCCCCN1C(=O)C=CC1=O. The Bertz CT molecular complexity index is 512. The summed E-state index contributed by atoms with van der Waals surface area (Å²) in [6, 6.07) is 0. The summed E-state index contributed by atoms with van der Waals surface area (Å²) in [6.07, 6.45) is 26.7. The van der Waals surface area contributed by atoms with Crippen LogP contribution in [0.15, 0.2) is 12.2 Å². The van der Waals surface area contributed by atoms with E-state index in [1.807, 2.05) is 0 Å². The summed E-state index contributed by atoms with van der Waals surface area (Å²) < 4.78 is 0. The van der Waals surface area contributed by atoms with Crippen LogP contribution in [0.5, 0.6) is 0 Å². The third-order valence-corrected chi connectivity index (χ3v) is 6.17. The lowest BCUT2D eigenvalue weighted by molar-refractivity contribution is -0.138. The van der Waals surface area contributed by atoms with E-state index in [2.05, 4.69) is 0 Å². The number of carboxylic acid groups (broad SMARTS) is 1. The second-order valence-electron chi connectivity index (χ2n) is 9.02. The molecule has 1 aliphatic rings. The first-order valence-corrected chi connectivity index (χ1v) is 12.9. The summed E-state index contributed by atoms with van der Waals surface area (Å²) in [5.74, 6) is -0.990. The summed E-state index contributed by atoms with van der Waals surface area (Å²) in [6.45, 7) is 0.569. The van der Waals surface area contributed by atoms with Crippen LogP contribution in [0, 0.1) is 0 Å². The molecule has 0 unspecified atom stereocenters. The predicted molar refractivity (Wildman–Crippen MR) is 126 cm³/mol. The lowest BCUT2D eigenvalue weighted by Crippen LogP contribution is -2.30. The number of carbonyl (C=O) groups is 3. The number of hydrogen-bond donors (Lipinski definition) is 1. The normalized spacial score (nSPS) is 13.5. The third-order valence-electron chi connectivity index (χ3n) is 6.17. The van der Waals surface area contributed by atoms with Gasteiger partial charge in [0.15, 0.2) is 0 Å². The third kappa shape index (κ3) is 15.8. The first-order valence-electron chi connectivity index (χ1n) is 12.9. The van der Waals surface area contributed by atoms with E-state index in [9.17, 15) is 14.4 Å². The molecule has 0 fully saturated rings. The number of carbonyl (C=O) groups excluding carboxylic acids is 2. The van der Waals surface area contributed by atoms with Crippen LogP contribution in [0.1, 0.15) is 128 Å². The summed E-state index contributed by atoms with van der Waals surface area (Å²) in [7, 11) is 0. The maximum atomic E-state index is 11.4. The van der Waals surface area contributed by atoms with Crippen molar-refractivity contribution in [2.45, 2.75) is 128 Å². The second kappa shape index (κ2) is 19.1. The predicted octanol–water partition coefficient (Wildman–Crippen LogP) is 6.80. The average molecular weight is 436 g/mol. The van der Waals surface area contributed by atoms with Gasteiger partial charge in [0.1, 0.15) is 0 Å². The summed E-state index contributed by atoms with van der Waals surface area (Å²) in [5, 5.41) is 8.59. The minimum absolute atomic E-state index is 0.160.